The van der Waals surface area contributed by atoms with Crippen molar-refractivity contribution in [3.05, 3.63) is 66.6 Å². The summed E-state index contributed by atoms with van der Waals surface area (Å²) < 4.78 is 13.7. The Balaban J connectivity index is 1.59. The van der Waals surface area contributed by atoms with E-state index in [9.17, 15) is 9.18 Å². The Morgan fingerprint density at radius 1 is 1.22 bits per heavy atom. The fraction of sp³-hybridized carbons (Fsp3) is 0.250. The minimum Gasteiger partial charge on any atom is -0.360 e. The van der Waals surface area contributed by atoms with E-state index in [0.29, 0.717) is 23.9 Å². The Morgan fingerprint density at radius 3 is 2.97 bits per heavy atom. The topological polar surface area (TPSA) is 86.8 Å². The number of fused-ring (bicyclic) bond motifs is 1. The lowest BCUT2D eigenvalue weighted by Gasteiger charge is -2.31. The van der Waals surface area contributed by atoms with Gasteiger partial charge in [0.05, 0.1) is 17.4 Å². The van der Waals surface area contributed by atoms with Gasteiger partial charge < -0.3 is 15.2 Å². The number of hydrogen-bond donors (Lipinski definition) is 2. The van der Waals surface area contributed by atoms with Gasteiger partial charge in [0, 0.05) is 61.0 Å². The molecule has 1 aliphatic rings. The molecule has 2 N–H and O–H groups in total. The lowest BCUT2D eigenvalue weighted by molar-refractivity contribution is -0.130. The van der Waals surface area contributed by atoms with E-state index < -0.39 is 0 Å². The Kier molecular flexibility index (Phi) is 5.26. The fourth-order valence-corrected chi connectivity index (χ4v) is 4.22. The number of nitrogens with zero attached hydrogens (tertiary/aromatic N) is 4. The molecular weight excluding hydrogens is 407 g/mol. The molecule has 4 heterocycles. The number of carbonyl (C=O) groups is 1. The van der Waals surface area contributed by atoms with Gasteiger partial charge in [0.15, 0.2) is 0 Å². The maximum atomic E-state index is 13.7. The highest BCUT2D eigenvalue weighted by Crippen LogP contribution is 2.32. The zero-order chi connectivity index (χ0) is 22.1. The van der Waals surface area contributed by atoms with Crippen LogP contribution in [0.4, 0.5) is 15.9 Å². The van der Waals surface area contributed by atoms with Crippen LogP contribution in [0.1, 0.15) is 31.5 Å². The van der Waals surface area contributed by atoms with Crippen molar-refractivity contribution >= 4 is 28.3 Å². The van der Waals surface area contributed by atoms with Gasteiger partial charge in [-0.2, -0.15) is 0 Å². The minimum atomic E-state index is -0.324. The fourth-order valence-electron chi connectivity index (χ4n) is 4.22. The van der Waals surface area contributed by atoms with Crippen LogP contribution in [0.5, 0.6) is 0 Å². The van der Waals surface area contributed by atoms with E-state index in [4.69, 9.17) is 9.97 Å². The van der Waals surface area contributed by atoms with Gasteiger partial charge in [-0.05, 0) is 37.1 Å². The van der Waals surface area contributed by atoms with Crippen molar-refractivity contribution in [2.24, 2.45) is 0 Å². The van der Waals surface area contributed by atoms with Crippen molar-refractivity contribution in [2.75, 3.05) is 18.4 Å². The first-order valence-electron chi connectivity index (χ1n) is 10.7. The second-order valence-corrected chi connectivity index (χ2v) is 8.06. The van der Waals surface area contributed by atoms with E-state index in [-0.39, 0.29) is 17.6 Å². The third-order valence-electron chi connectivity index (χ3n) is 5.82. The van der Waals surface area contributed by atoms with Gasteiger partial charge in [0.25, 0.3) is 0 Å². The first kappa shape index (κ1) is 20.1. The van der Waals surface area contributed by atoms with Crippen LogP contribution in [0, 0.1) is 5.82 Å². The molecule has 162 valence electrons. The molecule has 1 unspecified atom stereocenters. The zero-order valence-corrected chi connectivity index (χ0v) is 17.7. The largest absolute Gasteiger partial charge is 0.360 e. The van der Waals surface area contributed by atoms with Gasteiger partial charge in [-0.1, -0.05) is 6.07 Å². The maximum absolute atomic E-state index is 13.7. The highest BCUT2D eigenvalue weighted by atomic mass is 19.1. The third-order valence-corrected chi connectivity index (χ3v) is 5.82. The molecule has 1 amide bonds. The number of piperidine rings is 1. The van der Waals surface area contributed by atoms with Crippen molar-refractivity contribution in [3.63, 3.8) is 0 Å². The van der Waals surface area contributed by atoms with Crippen LogP contribution in [-0.4, -0.2) is 43.8 Å². The summed E-state index contributed by atoms with van der Waals surface area (Å²) in [6, 6.07) is 10.1. The van der Waals surface area contributed by atoms with Gasteiger partial charge in [0.2, 0.25) is 5.91 Å². The first-order valence-corrected chi connectivity index (χ1v) is 10.7. The molecule has 1 saturated heterocycles. The number of nitrogens with one attached hydrogen (secondary N) is 2. The normalized spacial score (nSPS) is 16.3. The van der Waals surface area contributed by atoms with Crippen LogP contribution in [-0.2, 0) is 4.79 Å². The Hall–Kier alpha value is -3.81. The molecule has 1 fully saturated rings. The number of benzene rings is 1. The highest BCUT2D eigenvalue weighted by molar-refractivity contribution is 5.93. The monoisotopic (exact) mass is 430 g/mol. The summed E-state index contributed by atoms with van der Waals surface area (Å²) in [6.45, 7) is 2.94. The van der Waals surface area contributed by atoms with Gasteiger partial charge in [-0.15, -0.1) is 0 Å². The van der Waals surface area contributed by atoms with Gasteiger partial charge in [-0.3, -0.25) is 9.78 Å². The number of anilines is 2. The number of amides is 1. The van der Waals surface area contributed by atoms with Crippen molar-refractivity contribution < 1.29 is 9.18 Å². The minimum absolute atomic E-state index is 0.0269. The molecule has 0 spiro atoms. The lowest BCUT2D eigenvalue weighted by atomic mass is 9.96. The number of aromatic nitrogens is 4. The van der Waals surface area contributed by atoms with E-state index in [2.05, 4.69) is 15.3 Å². The second-order valence-electron chi connectivity index (χ2n) is 8.06. The molecule has 0 saturated carbocycles. The molecule has 7 nitrogen and oxygen atoms in total. The molecule has 8 heteroatoms. The molecule has 32 heavy (non-hydrogen) atoms. The van der Waals surface area contributed by atoms with Gasteiger partial charge in [-0.25, -0.2) is 14.4 Å². The number of hydrogen-bond acceptors (Lipinski definition) is 5. The summed E-state index contributed by atoms with van der Waals surface area (Å²) in [5.41, 5.74) is 3.13. The molecule has 4 aromatic rings. The molecule has 1 atom stereocenters. The number of H-pyrrole nitrogens is 1. The lowest BCUT2D eigenvalue weighted by Crippen LogP contribution is -2.38. The molecular formula is C24H23FN6O. The van der Waals surface area contributed by atoms with Crippen molar-refractivity contribution in [2.45, 2.75) is 25.7 Å². The average Bonchev–Trinajstić information content (AvgIpc) is 3.28. The van der Waals surface area contributed by atoms with Crippen LogP contribution < -0.4 is 5.32 Å². The summed E-state index contributed by atoms with van der Waals surface area (Å²) in [7, 11) is 0. The molecule has 1 aromatic carbocycles. The Morgan fingerprint density at radius 2 is 2.12 bits per heavy atom. The summed E-state index contributed by atoms with van der Waals surface area (Å²) >= 11 is 0. The smallest absolute Gasteiger partial charge is 0.219 e. The molecule has 1 aliphatic heterocycles. The summed E-state index contributed by atoms with van der Waals surface area (Å²) in [5, 5.41) is 4.22. The van der Waals surface area contributed by atoms with E-state index in [1.165, 1.54) is 12.1 Å². The molecule has 0 bridgehead atoms. The van der Waals surface area contributed by atoms with Crippen molar-refractivity contribution in [1.29, 1.82) is 0 Å². The van der Waals surface area contributed by atoms with E-state index in [1.807, 2.05) is 23.2 Å². The van der Waals surface area contributed by atoms with Crippen LogP contribution in [0.25, 0.3) is 22.2 Å². The summed E-state index contributed by atoms with van der Waals surface area (Å²) in [6.07, 6.45) is 7.24. The van der Waals surface area contributed by atoms with Crippen LogP contribution in [0.3, 0.4) is 0 Å². The first-order chi connectivity index (χ1) is 15.6. The molecule has 0 radical (unpaired) electrons. The van der Waals surface area contributed by atoms with Gasteiger partial charge in [0.1, 0.15) is 17.5 Å². The van der Waals surface area contributed by atoms with E-state index >= 15 is 0 Å². The average molecular weight is 430 g/mol. The maximum Gasteiger partial charge on any atom is 0.219 e. The zero-order valence-electron chi connectivity index (χ0n) is 17.7. The Labute approximate surface area is 184 Å². The summed E-state index contributed by atoms with van der Waals surface area (Å²) in [4.78, 5) is 31.0. The highest BCUT2D eigenvalue weighted by Gasteiger charge is 2.26. The number of rotatable bonds is 4. The number of aromatic amines is 1. The predicted molar refractivity (Wildman–Crippen MR) is 121 cm³/mol. The molecule has 5 rings (SSSR count). The van der Waals surface area contributed by atoms with Crippen LogP contribution >= 0.6 is 0 Å². The molecule has 3 aromatic heterocycles. The standard InChI is InChI=1S/C24H23FN6O/c1-15(32)31-9-3-4-16(14-31)24-29-21(20-12-26-13-22-19(20)7-8-27-22)11-23(30-24)28-18-6-2-5-17(25)10-18/h2,5-8,10-13,16,27H,3-4,9,14H2,1H3,(H,28,29,30). The Bertz CT molecular complexity index is 1290. The second kappa shape index (κ2) is 8.37. The number of pyridine rings is 1. The number of halogens is 1. The number of likely N-dealkylation sites (tertiary alicyclic amines) is 1. The van der Waals surface area contributed by atoms with E-state index in [1.54, 1.807) is 31.5 Å². The van der Waals surface area contributed by atoms with E-state index in [0.717, 1.165) is 41.5 Å². The SMILES string of the molecule is CC(=O)N1CCCC(c2nc(Nc3cccc(F)c3)cc(-c3cncc4[nH]ccc34)n2)C1. The van der Waals surface area contributed by atoms with Crippen molar-refractivity contribution in [1.82, 2.24) is 24.8 Å². The number of carbonyl (C=O) groups excluding carboxylic acids is 1. The van der Waals surface area contributed by atoms with Crippen LogP contribution in [0.15, 0.2) is 55.0 Å². The third kappa shape index (κ3) is 4.03. The van der Waals surface area contributed by atoms with Crippen LogP contribution in [0.2, 0.25) is 0 Å². The van der Waals surface area contributed by atoms with Crippen molar-refractivity contribution in [3.8, 4) is 11.3 Å². The predicted octanol–water partition coefficient (Wildman–Crippen LogP) is 4.63. The van der Waals surface area contributed by atoms with Gasteiger partial charge >= 0.3 is 0 Å². The quantitative estimate of drug-likeness (QED) is 0.493. The molecule has 0 aliphatic carbocycles. The summed E-state index contributed by atoms with van der Waals surface area (Å²) in [5.74, 6) is 1.00.